The molecule has 0 saturated heterocycles. The highest BCUT2D eigenvalue weighted by Crippen LogP contribution is 2.26. The van der Waals surface area contributed by atoms with E-state index in [1.807, 2.05) is 0 Å². The molecule has 0 fully saturated rings. The number of benzene rings is 1. The molecule has 0 unspecified atom stereocenters. The Labute approximate surface area is 113 Å². The van der Waals surface area contributed by atoms with Crippen molar-refractivity contribution in [1.82, 2.24) is 0 Å². The molecule has 0 bridgehead atoms. The van der Waals surface area contributed by atoms with E-state index in [0.717, 1.165) is 13.2 Å². The number of carbonyl (C=O) groups excluding carboxylic acids is 2. The molecule has 0 aliphatic rings. The summed E-state index contributed by atoms with van der Waals surface area (Å²) in [6, 6.07) is 2.32. The summed E-state index contributed by atoms with van der Waals surface area (Å²) in [5.74, 6) is -1.59. The third-order valence-electron chi connectivity index (χ3n) is 2.48. The second-order valence-corrected chi connectivity index (χ2v) is 3.76. The number of methoxy groups -OCH3 is 1. The van der Waals surface area contributed by atoms with Crippen LogP contribution >= 0.6 is 0 Å². The summed E-state index contributed by atoms with van der Waals surface area (Å²) < 4.78 is 4.43. The average Bonchev–Trinajstić information content (AvgIpc) is 2.43. The first kappa shape index (κ1) is 15.4. The topological polar surface area (TPSA) is 145 Å². The Morgan fingerprint density at radius 1 is 1.55 bits per heavy atom. The fourth-order valence-corrected chi connectivity index (χ4v) is 1.47. The van der Waals surface area contributed by atoms with E-state index in [1.54, 1.807) is 0 Å². The molecule has 0 aliphatic heterocycles. The van der Waals surface area contributed by atoms with Crippen LogP contribution in [0.1, 0.15) is 10.4 Å². The van der Waals surface area contributed by atoms with Crippen LogP contribution in [0, 0.1) is 10.1 Å². The minimum Gasteiger partial charge on any atom is -0.467 e. The lowest BCUT2D eigenvalue weighted by Gasteiger charge is -2.15. The average molecular weight is 283 g/mol. The van der Waals surface area contributed by atoms with Gasteiger partial charge < -0.3 is 20.9 Å². The van der Waals surface area contributed by atoms with Crippen molar-refractivity contribution in [3.63, 3.8) is 0 Å². The molecule has 0 radical (unpaired) electrons. The number of ether oxygens (including phenoxy) is 1. The molecule has 0 heterocycles. The molecule has 108 valence electrons. The second-order valence-electron chi connectivity index (χ2n) is 3.76. The first-order valence-electron chi connectivity index (χ1n) is 5.44. The molecular weight excluding hydrogens is 270 g/mol. The number of carbonyl (C=O) groups is 2. The standard InChI is InChI=1S/C11H13N3O6/c1-20-11(17)8(5-15)13-7-3-2-6(10(12)16)4-9(7)14(18)19/h2-4,8,13,15H,5H2,1H3,(H2,12,16)/t8-/m1/s1. The number of nitrogens with one attached hydrogen (secondary N) is 1. The highest BCUT2D eigenvalue weighted by molar-refractivity contribution is 5.94. The van der Waals surface area contributed by atoms with Gasteiger partial charge in [-0.25, -0.2) is 4.79 Å². The summed E-state index contributed by atoms with van der Waals surface area (Å²) in [5.41, 5.74) is 4.51. The predicted octanol–water partition coefficient (Wildman–Crippen LogP) is -0.360. The molecule has 9 nitrogen and oxygen atoms in total. The maximum atomic E-state index is 11.3. The molecular formula is C11H13N3O6. The Bertz CT molecular complexity index is 545. The molecule has 20 heavy (non-hydrogen) atoms. The summed E-state index contributed by atoms with van der Waals surface area (Å²) in [6.45, 7) is -0.610. The number of nitro groups is 1. The molecule has 0 aromatic heterocycles. The molecule has 4 N–H and O–H groups in total. The summed E-state index contributed by atoms with van der Waals surface area (Å²) in [4.78, 5) is 32.5. The van der Waals surface area contributed by atoms with E-state index >= 15 is 0 Å². The molecule has 9 heteroatoms. The zero-order valence-corrected chi connectivity index (χ0v) is 10.5. The van der Waals surface area contributed by atoms with Crippen LogP contribution in [-0.2, 0) is 9.53 Å². The second kappa shape index (κ2) is 6.48. The van der Waals surface area contributed by atoms with Gasteiger partial charge in [0, 0.05) is 11.6 Å². The lowest BCUT2D eigenvalue weighted by molar-refractivity contribution is -0.384. The van der Waals surface area contributed by atoms with Gasteiger partial charge in [-0.2, -0.15) is 0 Å². The number of aliphatic hydroxyl groups excluding tert-OH is 1. The Hall–Kier alpha value is -2.68. The van der Waals surface area contributed by atoms with E-state index in [2.05, 4.69) is 10.1 Å². The highest BCUT2D eigenvalue weighted by atomic mass is 16.6. The molecule has 1 atom stereocenters. The molecule has 1 amide bonds. The zero-order valence-electron chi connectivity index (χ0n) is 10.5. The lowest BCUT2D eigenvalue weighted by atomic mass is 10.1. The first-order chi connectivity index (χ1) is 9.40. The van der Waals surface area contributed by atoms with Crippen LogP contribution in [0.15, 0.2) is 18.2 Å². The van der Waals surface area contributed by atoms with Gasteiger partial charge in [-0.1, -0.05) is 0 Å². The van der Waals surface area contributed by atoms with Crippen LogP contribution in [0.4, 0.5) is 11.4 Å². The normalized spacial score (nSPS) is 11.5. The number of nitrogens with two attached hydrogens (primary N) is 1. The van der Waals surface area contributed by atoms with Gasteiger partial charge in [-0.15, -0.1) is 0 Å². The van der Waals surface area contributed by atoms with Crippen molar-refractivity contribution in [2.75, 3.05) is 19.0 Å². The third-order valence-corrected chi connectivity index (χ3v) is 2.48. The van der Waals surface area contributed by atoms with E-state index in [-0.39, 0.29) is 11.3 Å². The number of amides is 1. The van der Waals surface area contributed by atoms with Crippen LogP contribution in [-0.4, -0.2) is 41.7 Å². The van der Waals surface area contributed by atoms with Gasteiger partial charge in [-0.05, 0) is 12.1 Å². The van der Waals surface area contributed by atoms with Crippen LogP contribution in [0.3, 0.4) is 0 Å². The number of esters is 1. The molecule has 0 saturated carbocycles. The van der Waals surface area contributed by atoms with Crippen molar-refractivity contribution in [1.29, 1.82) is 0 Å². The Balaban J connectivity index is 3.14. The van der Waals surface area contributed by atoms with Crippen molar-refractivity contribution < 1.29 is 24.4 Å². The fourth-order valence-electron chi connectivity index (χ4n) is 1.47. The van der Waals surface area contributed by atoms with Crippen molar-refractivity contribution in [3.8, 4) is 0 Å². The van der Waals surface area contributed by atoms with E-state index < -0.39 is 35.1 Å². The Morgan fingerprint density at radius 3 is 2.65 bits per heavy atom. The van der Waals surface area contributed by atoms with Crippen LogP contribution in [0.2, 0.25) is 0 Å². The number of hydrogen-bond donors (Lipinski definition) is 3. The van der Waals surface area contributed by atoms with Crippen LogP contribution in [0.25, 0.3) is 0 Å². The lowest BCUT2D eigenvalue weighted by Crippen LogP contribution is -2.34. The smallest absolute Gasteiger partial charge is 0.330 e. The number of rotatable bonds is 6. The largest absolute Gasteiger partial charge is 0.467 e. The van der Waals surface area contributed by atoms with Crippen molar-refractivity contribution in [2.24, 2.45) is 5.73 Å². The minimum atomic E-state index is -1.15. The van der Waals surface area contributed by atoms with E-state index in [4.69, 9.17) is 10.8 Å². The number of primary amides is 1. The number of anilines is 1. The SMILES string of the molecule is COC(=O)[C@@H](CO)Nc1ccc(C(N)=O)cc1[N+](=O)[O-]. The Morgan fingerprint density at radius 2 is 2.20 bits per heavy atom. The van der Waals surface area contributed by atoms with Crippen molar-refractivity contribution in [2.45, 2.75) is 6.04 Å². The number of nitro benzene ring substituents is 1. The van der Waals surface area contributed by atoms with E-state index in [9.17, 15) is 19.7 Å². The molecule has 1 rings (SSSR count). The van der Waals surface area contributed by atoms with E-state index in [1.165, 1.54) is 12.1 Å². The number of nitrogens with zero attached hydrogens (tertiary/aromatic N) is 1. The third kappa shape index (κ3) is 3.42. The van der Waals surface area contributed by atoms with Gasteiger partial charge in [0.1, 0.15) is 11.7 Å². The first-order valence-corrected chi connectivity index (χ1v) is 5.44. The Kier molecular flexibility index (Phi) is 4.98. The monoisotopic (exact) mass is 283 g/mol. The highest BCUT2D eigenvalue weighted by Gasteiger charge is 2.23. The van der Waals surface area contributed by atoms with Gasteiger partial charge in [0.05, 0.1) is 18.6 Å². The molecule has 1 aromatic carbocycles. The van der Waals surface area contributed by atoms with Gasteiger partial charge in [0.15, 0.2) is 0 Å². The molecule has 0 spiro atoms. The zero-order chi connectivity index (χ0) is 15.3. The van der Waals surface area contributed by atoms with Crippen molar-refractivity contribution in [3.05, 3.63) is 33.9 Å². The van der Waals surface area contributed by atoms with Crippen LogP contribution in [0.5, 0.6) is 0 Å². The summed E-state index contributed by atoms with van der Waals surface area (Å²) in [7, 11) is 1.12. The number of aliphatic hydroxyl groups is 1. The molecule has 1 aromatic rings. The van der Waals surface area contributed by atoms with Gasteiger partial charge in [0.25, 0.3) is 5.69 Å². The van der Waals surface area contributed by atoms with E-state index in [0.29, 0.717) is 0 Å². The quantitative estimate of drug-likeness (QED) is 0.367. The van der Waals surface area contributed by atoms with Crippen molar-refractivity contribution >= 4 is 23.3 Å². The van der Waals surface area contributed by atoms with Gasteiger partial charge in [0.2, 0.25) is 5.91 Å². The minimum absolute atomic E-state index is 0.0375. The van der Waals surface area contributed by atoms with Crippen LogP contribution < -0.4 is 11.1 Å². The summed E-state index contributed by atoms with van der Waals surface area (Å²) >= 11 is 0. The number of hydrogen-bond acceptors (Lipinski definition) is 7. The van der Waals surface area contributed by atoms with Gasteiger partial charge in [-0.3, -0.25) is 14.9 Å². The van der Waals surface area contributed by atoms with Gasteiger partial charge >= 0.3 is 5.97 Å². The summed E-state index contributed by atoms with van der Waals surface area (Å²) in [6.07, 6.45) is 0. The maximum absolute atomic E-state index is 11.3. The molecule has 0 aliphatic carbocycles. The predicted molar refractivity (Wildman–Crippen MR) is 68.1 cm³/mol. The fraction of sp³-hybridized carbons (Fsp3) is 0.273. The maximum Gasteiger partial charge on any atom is 0.330 e. The summed E-state index contributed by atoms with van der Waals surface area (Å²) in [5, 5.41) is 22.5.